The summed E-state index contributed by atoms with van der Waals surface area (Å²) < 4.78 is 1.80. The second-order valence-corrected chi connectivity index (χ2v) is 6.42. The maximum absolute atomic E-state index is 6.29. The van der Waals surface area contributed by atoms with Crippen LogP contribution in [0.4, 0.5) is 0 Å². The van der Waals surface area contributed by atoms with Gasteiger partial charge >= 0.3 is 0 Å². The van der Waals surface area contributed by atoms with Gasteiger partial charge in [-0.2, -0.15) is 5.10 Å². The van der Waals surface area contributed by atoms with E-state index in [0.29, 0.717) is 10.0 Å². The fraction of sp³-hybridized carbons (Fsp3) is 0.400. The first-order valence-corrected chi connectivity index (χ1v) is 7.28. The molecule has 0 saturated heterocycles. The molecule has 0 spiro atoms. The Morgan fingerprint density at radius 3 is 2.45 bits per heavy atom. The molecule has 2 aromatic rings. The summed E-state index contributed by atoms with van der Waals surface area (Å²) in [6.45, 7) is 5.83. The average Bonchev–Trinajstić information content (AvgIpc) is 2.74. The second-order valence-electron chi connectivity index (χ2n) is 5.61. The van der Waals surface area contributed by atoms with Crippen LogP contribution in [0.15, 0.2) is 30.6 Å². The summed E-state index contributed by atoms with van der Waals surface area (Å²) in [6.07, 6.45) is 3.87. The van der Waals surface area contributed by atoms with Crippen molar-refractivity contribution < 1.29 is 0 Å². The van der Waals surface area contributed by atoms with Gasteiger partial charge in [0.15, 0.2) is 0 Å². The lowest BCUT2D eigenvalue weighted by molar-refractivity contribution is 0.469. The second kappa shape index (κ2) is 6.17. The molecule has 0 bridgehead atoms. The van der Waals surface area contributed by atoms with E-state index in [1.807, 2.05) is 37.6 Å². The first-order valence-electron chi connectivity index (χ1n) is 6.53. The van der Waals surface area contributed by atoms with E-state index in [9.17, 15) is 0 Å². The lowest BCUT2D eigenvalue weighted by Crippen LogP contribution is -2.33. The van der Waals surface area contributed by atoms with E-state index in [2.05, 4.69) is 24.3 Å². The van der Waals surface area contributed by atoms with Gasteiger partial charge < -0.3 is 5.32 Å². The quantitative estimate of drug-likeness (QED) is 0.910. The van der Waals surface area contributed by atoms with Gasteiger partial charge in [-0.25, -0.2) is 0 Å². The van der Waals surface area contributed by atoms with Crippen LogP contribution in [0.3, 0.4) is 0 Å². The predicted octanol–water partition coefficient (Wildman–Crippen LogP) is 3.79. The predicted molar refractivity (Wildman–Crippen MR) is 84.4 cm³/mol. The number of benzene rings is 1. The third-order valence-corrected chi connectivity index (χ3v) is 3.92. The van der Waals surface area contributed by atoms with Crippen LogP contribution >= 0.6 is 23.2 Å². The van der Waals surface area contributed by atoms with Gasteiger partial charge in [0.1, 0.15) is 0 Å². The fourth-order valence-corrected chi connectivity index (χ4v) is 3.22. The Kier molecular flexibility index (Phi) is 4.74. The third-order valence-electron chi connectivity index (χ3n) is 3.29. The van der Waals surface area contributed by atoms with Gasteiger partial charge in [-0.1, -0.05) is 43.1 Å². The Morgan fingerprint density at radius 1 is 1.25 bits per heavy atom. The van der Waals surface area contributed by atoms with Crippen LogP contribution in [-0.4, -0.2) is 16.3 Å². The Morgan fingerprint density at radius 2 is 1.90 bits per heavy atom. The molecular formula is C15H19Cl2N3. The van der Waals surface area contributed by atoms with Crippen molar-refractivity contribution >= 4 is 23.2 Å². The summed E-state index contributed by atoms with van der Waals surface area (Å²) in [5.74, 6) is 0. The molecule has 5 heteroatoms. The van der Waals surface area contributed by atoms with Crippen molar-refractivity contribution in [2.75, 3.05) is 6.54 Å². The molecule has 0 amide bonds. The molecule has 0 aliphatic heterocycles. The van der Waals surface area contributed by atoms with E-state index < -0.39 is 0 Å². The van der Waals surface area contributed by atoms with E-state index in [1.54, 1.807) is 4.68 Å². The highest BCUT2D eigenvalue weighted by Crippen LogP contribution is 2.35. The van der Waals surface area contributed by atoms with E-state index in [0.717, 1.165) is 24.2 Å². The van der Waals surface area contributed by atoms with Crippen LogP contribution < -0.4 is 5.32 Å². The standard InChI is InChI=1S/C15H19Cl2N3/c1-15(2,14-12(16)5-4-6-13(14)17)10-18-7-11-8-19-20(3)9-11/h4-6,8-9,18H,7,10H2,1-3H3. The zero-order valence-corrected chi connectivity index (χ0v) is 13.5. The number of hydrogen-bond donors (Lipinski definition) is 1. The molecule has 3 nitrogen and oxygen atoms in total. The summed E-state index contributed by atoms with van der Waals surface area (Å²) >= 11 is 12.6. The Hall–Kier alpha value is -1.03. The summed E-state index contributed by atoms with van der Waals surface area (Å²) in [7, 11) is 1.91. The molecule has 108 valence electrons. The summed E-state index contributed by atoms with van der Waals surface area (Å²) in [5, 5.41) is 9.02. The summed E-state index contributed by atoms with van der Waals surface area (Å²) in [4.78, 5) is 0. The van der Waals surface area contributed by atoms with E-state index >= 15 is 0 Å². The molecule has 0 aliphatic rings. The van der Waals surface area contributed by atoms with Gasteiger partial charge in [-0.15, -0.1) is 0 Å². The number of aromatic nitrogens is 2. The maximum Gasteiger partial charge on any atom is 0.0534 e. The first kappa shape index (κ1) is 15.4. The molecule has 0 fully saturated rings. The van der Waals surface area contributed by atoms with Crippen molar-refractivity contribution in [3.05, 3.63) is 51.8 Å². The highest BCUT2D eigenvalue weighted by molar-refractivity contribution is 6.36. The summed E-state index contributed by atoms with van der Waals surface area (Å²) in [6, 6.07) is 5.63. The lowest BCUT2D eigenvalue weighted by Gasteiger charge is -2.27. The molecule has 1 heterocycles. The van der Waals surface area contributed by atoms with Crippen LogP contribution in [0.2, 0.25) is 10.0 Å². The van der Waals surface area contributed by atoms with E-state index in [1.165, 1.54) is 0 Å². The Balaban J connectivity index is 2.03. The maximum atomic E-state index is 6.29. The van der Waals surface area contributed by atoms with E-state index in [-0.39, 0.29) is 5.41 Å². The van der Waals surface area contributed by atoms with Crippen LogP contribution in [0, 0.1) is 0 Å². The number of aryl methyl sites for hydroxylation is 1. The van der Waals surface area contributed by atoms with Gasteiger partial charge in [0, 0.05) is 47.4 Å². The molecule has 20 heavy (non-hydrogen) atoms. The normalized spacial score (nSPS) is 11.8. The molecule has 0 radical (unpaired) electrons. The average molecular weight is 312 g/mol. The molecule has 2 rings (SSSR count). The minimum Gasteiger partial charge on any atom is -0.312 e. The lowest BCUT2D eigenvalue weighted by atomic mass is 9.84. The molecule has 0 atom stereocenters. The van der Waals surface area contributed by atoms with Crippen molar-refractivity contribution in [1.29, 1.82) is 0 Å². The topological polar surface area (TPSA) is 29.9 Å². The van der Waals surface area contributed by atoms with Crippen LogP contribution in [0.5, 0.6) is 0 Å². The van der Waals surface area contributed by atoms with Crippen molar-refractivity contribution in [3.63, 3.8) is 0 Å². The zero-order chi connectivity index (χ0) is 14.8. The fourth-order valence-electron chi connectivity index (χ4n) is 2.32. The van der Waals surface area contributed by atoms with Gasteiger partial charge in [0.2, 0.25) is 0 Å². The number of halogens is 2. The van der Waals surface area contributed by atoms with Gasteiger partial charge in [0.25, 0.3) is 0 Å². The van der Waals surface area contributed by atoms with Crippen molar-refractivity contribution in [2.45, 2.75) is 25.8 Å². The number of hydrogen-bond acceptors (Lipinski definition) is 2. The summed E-state index contributed by atoms with van der Waals surface area (Å²) in [5.41, 5.74) is 2.01. The highest BCUT2D eigenvalue weighted by Gasteiger charge is 2.25. The highest BCUT2D eigenvalue weighted by atomic mass is 35.5. The molecular weight excluding hydrogens is 293 g/mol. The van der Waals surface area contributed by atoms with Gasteiger partial charge in [0.05, 0.1) is 6.20 Å². The van der Waals surface area contributed by atoms with Crippen LogP contribution in [-0.2, 0) is 19.0 Å². The van der Waals surface area contributed by atoms with Crippen molar-refractivity contribution in [3.8, 4) is 0 Å². The van der Waals surface area contributed by atoms with Crippen molar-refractivity contribution in [2.24, 2.45) is 7.05 Å². The smallest absolute Gasteiger partial charge is 0.0534 e. The van der Waals surface area contributed by atoms with Crippen molar-refractivity contribution in [1.82, 2.24) is 15.1 Å². The van der Waals surface area contributed by atoms with Gasteiger partial charge in [-0.05, 0) is 17.7 Å². The number of rotatable bonds is 5. The molecule has 1 N–H and O–H groups in total. The minimum absolute atomic E-state index is 0.141. The third kappa shape index (κ3) is 3.54. The Labute approximate surface area is 129 Å². The van der Waals surface area contributed by atoms with Crippen LogP contribution in [0.25, 0.3) is 0 Å². The first-order chi connectivity index (χ1) is 9.40. The minimum atomic E-state index is -0.141. The molecule has 0 saturated carbocycles. The number of nitrogens with one attached hydrogen (secondary N) is 1. The van der Waals surface area contributed by atoms with Crippen LogP contribution in [0.1, 0.15) is 25.0 Å². The molecule has 1 aromatic heterocycles. The molecule has 0 unspecified atom stereocenters. The number of nitrogens with zero attached hydrogens (tertiary/aromatic N) is 2. The Bertz CT molecular complexity index is 570. The molecule has 1 aromatic carbocycles. The SMILES string of the molecule is Cn1cc(CNCC(C)(C)c2c(Cl)cccc2Cl)cn1. The van der Waals surface area contributed by atoms with E-state index in [4.69, 9.17) is 23.2 Å². The largest absolute Gasteiger partial charge is 0.312 e. The van der Waals surface area contributed by atoms with Gasteiger partial charge in [-0.3, -0.25) is 4.68 Å². The zero-order valence-electron chi connectivity index (χ0n) is 12.0. The monoisotopic (exact) mass is 311 g/mol. The molecule has 0 aliphatic carbocycles.